The molecule has 0 spiro atoms. The van der Waals surface area contributed by atoms with E-state index >= 15 is 0 Å². The van der Waals surface area contributed by atoms with Crippen molar-refractivity contribution in [1.82, 2.24) is 5.32 Å². The SMILES string of the molecule is NCC#Cc1ccc(CNC(=O)c2cc(I)ccc2O)s1. The number of thiophene rings is 1. The van der Waals surface area contributed by atoms with E-state index in [2.05, 4.69) is 39.7 Å². The van der Waals surface area contributed by atoms with E-state index in [1.807, 2.05) is 12.1 Å². The summed E-state index contributed by atoms with van der Waals surface area (Å²) in [5, 5.41) is 12.5. The van der Waals surface area contributed by atoms with Gasteiger partial charge in [-0.2, -0.15) is 0 Å². The molecule has 1 amide bonds. The van der Waals surface area contributed by atoms with Crippen molar-refractivity contribution in [2.24, 2.45) is 5.73 Å². The molecule has 0 aliphatic rings. The number of benzene rings is 1. The second-order valence-corrected chi connectivity index (χ2v) is 6.53. The van der Waals surface area contributed by atoms with E-state index in [1.54, 1.807) is 12.1 Å². The van der Waals surface area contributed by atoms with Gasteiger partial charge in [0.15, 0.2) is 0 Å². The van der Waals surface area contributed by atoms with Crippen LogP contribution < -0.4 is 11.1 Å². The molecule has 1 aromatic heterocycles. The number of phenolic OH excluding ortho intramolecular Hbond substituents is 1. The minimum atomic E-state index is -0.297. The summed E-state index contributed by atoms with van der Waals surface area (Å²) in [6.07, 6.45) is 0. The molecular weight excluding hydrogens is 399 g/mol. The number of hydrogen-bond donors (Lipinski definition) is 3. The molecule has 0 radical (unpaired) electrons. The van der Waals surface area contributed by atoms with Crippen LogP contribution in [0.15, 0.2) is 30.3 Å². The van der Waals surface area contributed by atoms with Crippen LogP contribution in [0.3, 0.4) is 0 Å². The van der Waals surface area contributed by atoms with Crippen LogP contribution in [0.25, 0.3) is 0 Å². The summed E-state index contributed by atoms with van der Waals surface area (Å²) in [6.45, 7) is 0.731. The molecule has 1 aromatic carbocycles. The van der Waals surface area contributed by atoms with Crippen LogP contribution in [-0.2, 0) is 6.54 Å². The Morgan fingerprint density at radius 2 is 2.19 bits per heavy atom. The fourth-order valence-corrected chi connectivity index (χ4v) is 2.94. The molecule has 0 atom stereocenters. The largest absolute Gasteiger partial charge is 0.507 e. The maximum atomic E-state index is 12.1. The van der Waals surface area contributed by atoms with Crippen LogP contribution in [0.2, 0.25) is 0 Å². The molecule has 4 nitrogen and oxygen atoms in total. The van der Waals surface area contributed by atoms with Crippen LogP contribution >= 0.6 is 33.9 Å². The normalized spacial score (nSPS) is 9.81. The molecule has 0 bridgehead atoms. The van der Waals surface area contributed by atoms with Crippen molar-refractivity contribution in [3.8, 4) is 17.6 Å². The highest BCUT2D eigenvalue weighted by molar-refractivity contribution is 14.1. The molecular formula is C15H13IN2O2S. The number of carbonyl (C=O) groups is 1. The molecule has 1 heterocycles. The van der Waals surface area contributed by atoms with Gasteiger partial charge in [-0.05, 0) is 52.9 Å². The number of carbonyl (C=O) groups excluding carboxylic acids is 1. The van der Waals surface area contributed by atoms with Crippen molar-refractivity contribution in [2.45, 2.75) is 6.54 Å². The van der Waals surface area contributed by atoms with Crippen LogP contribution in [0.5, 0.6) is 5.75 Å². The van der Waals surface area contributed by atoms with E-state index in [1.165, 1.54) is 17.4 Å². The van der Waals surface area contributed by atoms with Gasteiger partial charge >= 0.3 is 0 Å². The third-order valence-corrected chi connectivity index (χ3v) is 4.27. The van der Waals surface area contributed by atoms with E-state index in [-0.39, 0.29) is 17.2 Å². The summed E-state index contributed by atoms with van der Waals surface area (Å²) >= 11 is 3.61. The smallest absolute Gasteiger partial charge is 0.255 e. The fraction of sp³-hybridized carbons (Fsp3) is 0.133. The highest BCUT2D eigenvalue weighted by Gasteiger charge is 2.11. The second kappa shape index (κ2) is 7.45. The van der Waals surface area contributed by atoms with Gasteiger partial charge in [0, 0.05) is 8.45 Å². The van der Waals surface area contributed by atoms with Crippen molar-refractivity contribution in [3.05, 3.63) is 49.2 Å². The molecule has 21 heavy (non-hydrogen) atoms. The quantitative estimate of drug-likeness (QED) is 0.535. The van der Waals surface area contributed by atoms with Crippen LogP contribution in [0, 0.1) is 15.4 Å². The Bertz CT molecular complexity index is 716. The predicted molar refractivity (Wildman–Crippen MR) is 92.2 cm³/mol. The molecule has 2 aromatic rings. The van der Waals surface area contributed by atoms with Crippen molar-refractivity contribution in [2.75, 3.05) is 6.54 Å². The van der Waals surface area contributed by atoms with Gasteiger partial charge in [0.25, 0.3) is 5.91 Å². The minimum Gasteiger partial charge on any atom is -0.507 e. The first-order chi connectivity index (χ1) is 10.1. The number of nitrogens with one attached hydrogen (secondary N) is 1. The zero-order valence-electron chi connectivity index (χ0n) is 11.0. The molecule has 0 unspecified atom stereocenters. The summed E-state index contributed by atoms with van der Waals surface area (Å²) in [6, 6.07) is 8.73. The number of aromatic hydroxyl groups is 1. The van der Waals surface area contributed by atoms with E-state index in [9.17, 15) is 9.90 Å². The number of amides is 1. The van der Waals surface area contributed by atoms with E-state index in [0.29, 0.717) is 13.1 Å². The minimum absolute atomic E-state index is 0.0198. The van der Waals surface area contributed by atoms with Crippen molar-refractivity contribution in [1.29, 1.82) is 0 Å². The summed E-state index contributed by atoms with van der Waals surface area (Å²) in [7, 11) is 0. The number of phenols is 1. The number of nitrogens with two attached hydrogens (primary N) is 1. The van der Waals surface area contributed by atoms with Crippen molar-refractivity contribution in [3.63, 3.8) is 0 Å². The zero-order chi connectivity index (χ0) is 15.2. The number of halogens is 1. The summed E-state index contributed by atoms with van der Waals surface area (Å²) in [5.74, 6) is 5.42. The third-order valence-electron chi connectivity index (χ3n) is 2.60. The topological polar surface area (TPSA) is 75.3 Å². The van der Waals surface area contributed by atoms with Crippen LogP contribution in [0.1, 0.15) is 20.1 Å². The monoisotopic (exact) mass is 412 g/mol. The average molecular weight is 412 g/mol. The van der Waals surface area contributed by atoms with Gasteiger partial charge in [0.2, 0.25) is 0 Å². The molecule has 0 saturated carbocycles. The van der Waals surface area contributed by atoms with E-state index in [0.717, 1.165) is 13.3 Å². The first-order valence-electron chi connectivity index (χ1n) is 6.14. The third kappa shape index (κ3) is 4.46. The predicted octanol–water partition coefficient (Wildman–Crippen LogP) is 2.30. The Hall–Kier alpha value is -1.56. The maximum Gasteiger partial charge on any atom is 0.255 e. The highest BCUT2D eigenvalue weighted by atomic mass is 127. The Kier molecular flexibility index (Phi) is 5.61. The lowest BCUT2D eigenvalue weighted by Gasteiger charge is -2.06. The Morgan fingerprint density at radius 1 is 1.38 bits per heavy atom. The molecule has 0 saturated heterocycles. The van der Waals surface area contributed by atoms with Crippen LogP contribution in [-0.4, -0.2) is 17.6 Å². The molecule has 0 aliphatic carbocycles. The van der Waals surface area contributed by atoms with E-state index in [4.69, 9.17) is 5.73 Å². The van der Waals surface area contributed by atoms with Gasteiger partial charge in [0.05, 0.1) is 23.5 Å². The Labute approximate surface area is 140 Å². The lowest BCUT2D eigenvalue weighted by atomic mass is 10.2. The lowest BCUT2D eigenvalue weighted by Crippen LogP contribution is -2.22. The van der Waals surface area contributed by atoms with Gasteiger partial charge in [-0.25, -0.2) is 0 Å². The summed E-state index contributed by atoms with van der Waals surface area (Å²) in [5.41, 5.74) is 5.60. The Morgan fingerprint density at radius 3 is 2.95 bits per heavy atom. The Balaban J connectivity index is 2.01. The highest BCUT2D eigenvalue weighted by Crippen LogP contribution is 2.20. The van der Waals surface area contributed by atoms with Gasteiger partial charge < -0.3 is 16.2 Å². The first-order valence-corrected chi connectivity index (χ1v) is 8.04. The van der Waals surface area contributed by atoms with E-state index < -0.39 is 0 Å². The standard InChI is InChI=1S/C15H13IN2O2S/c16-10-3-6-14(19)13(8-10)15(20)18-9-12-5-4-11(21-12)2-1-7-17/h3-6,8,19H,7,9,17H2,(H,18,20). The summed E-state index contributed by atoms with van der Waals surface area (Å²) in [4.78, 5) is 14.0. The van der Waals surface area contributed by atoms with Gasteiger partial charge in [0.1, 0.15) is 5.75 Å². The maximum absolute atomic E-state index is 12.1. The molecule has 2 rings (SSSR count). The fourth-order valence-electron chi connectivity index (χ4n) is 1.63. The first kappa shape index (κ1) is 15.8. The van der Waals surface area contributed by atoms with Gasteiger partial charge in [-0.3, -0.25) is 4.79 Å². The zero-order valence-corrected chi connectivity index (χ0v) is 14.0. The number of hydrogen-bond acceptors (Lipinski definition) is 4. The van der Waals surface area contributed by atoms with Gasteiger partial charge in [-0.1, -0.05) is 11.8 Å². The van der Waals surface area contributed by atoms with Gasteiger partial charge in [-0.15, -0.1) is 11.3 Å². The average Bonchev–Trinajstić information content (AvgIpc) is 2.93. The summed E-state index contributed by atoms with van der Waals surface area (Å²) < 4.78 is 0.894. The van der Waals surface area contributed by atoms with Crippen molar-refractivity contribution >= 4 is 39.8 Å². The van der Waals surface area contributed by atoms with Crippen LogP contribution in [0.4, 0.5) is 0 Å². The van der Waals surface area contributed by atoms with Crippen molar-refractivity contribution < 1.29 is 9.90 Å². The second-order valence-electron chi connectivity index (χ2n) is 4.12. The lowest BCUT2D eigenvalue weighted by molar-refractivity contribution is 0.0948. The molecule has 4 N–H and O–H groups in total. The molecule has 0 aliphatic heterocycles. The molecule has 108 valence electrons. The molecule has 6 heteroatoms. The number of rotatable bonds is 3. The molecule has 0 fully saturated rings.